The monoisotopic (exact) mass is 458 g/mol. The molecule has 0 radical (unpaired) electrons. The molecular formula is C24H24Cl2N2O3. The van der Waals surface area contributed by atoms with Gasteiger partial charge in [0.1, 0.15) is 5.70 Å². The van der Waals surface area contributed by atoms with Crippen LogP contribution in [0.25, 0.3) is 5.57 Å². The van der Waals surface area contributed by atoms with Crippen LogP contribution in [0.1, 0.15) is 29.5 Å². The summed E-state index contributed by atoms with van der Waals surface area (Å²) < 4.78 is 0. The zero-order valence-electron chi connectivity index (χ0n) is 17.5. The van der Waals surface area contributed by atoms with Crippen LogP contribution in [0.2, 0.25) is 10.0 Å². The van der Waals surface area contributed by atoms with E-state index in [1.807, 2.05) is 36.9 Å². The average molecular weight is 459 g/mol. The SMILES string of the molecule is Cc1ccc(C2=C(N3CCCC(CO)C3)C(=O)N(c3cc(Cl)ccc3Cl)C2=O)cc1C. The summed E-state index contributed by atoms with van der Waals surface area (Å²) in [4.78, 5) is 30.4. The van der Waals surface area contributed by atoms with Gasteiger partial charge >= 0.3 is 0 Å². The molecule has 1 atom stereocenters. The number of benzene rings is 2. The molecule has 5 nitrogen and oxygen atoms in total. The van der Waals surface area contributed by atoms with E-state index in [0.29, 0.717) is 34.9 Å². The lowest BCUT2D eigenvalue weighted by atomic mass is 9.96. The molecule has 2 aliphatic heterocycles. The molecule has 7 heteroatoms. The highest BCUT2D eigenvalue weighted by Crippen LogP contribution is 2.40. The predicted molar refractivity (Wildman–Crippen MR) is 123 cm³/mol. The molecule has 4 rings (SSSR count). The number of carbonyl (C=O) groups is 2. The van der Waals surface area contributed by atoms with Crippen molar-refractivity contribution in [1.29, 1.82) is 0 Å². The first-order valence-electron chi connectivity index (χ1n) is 10.3. The number of nitrogens with zero attached hydrogens (tertiary/aromatic N) is 2. The van der Waals surface area contributed by atoms with Crippen LogP contribution < -0.4 is 4.90 Å². The van der Waals surface area contributed by atoms with Crippen molar-refractivity contribution in [2.45, 2.75) is 26.7 Å². The Morgan fingerprint density at radius 2 is 1.81 bits per heavy atom. The molecule has 2 aromatic carbocycles. The van der Waals surface area contributed by atoms with Crippen LogP contribution >= 0.6 is 23.2 Å². The van der Waals surface area contributed by atoms with Crippen LogP contribution in [0.15, 0.2) is 42.1 Å². The molecule has 0 spiro atoms. The van der Waals surface area contributed by atoms with Gasteiger partial charge in [-0.2, -0.15) is 0 Å². The van der Waals surface area contributed by atoms with Crippen molar-refractivity contribution in [3.8, 4) is 0 Å². The fraction of sp³-hybridized carbons (Fsp3) is 0.333. The van der Waals surface area contributed by atoms with Crippen LogP contribution in [0.3, 0.4) is 0 Å². The number of halogens is 2. The van der Waals surface area contributed by atoms with Crippen LogP contribution in [0.4, 0.5) is 5.69 Å². The smallest absolute Gasteiger partial charge is 0.282 e. The van der Waals surface area contributed by atoms with Crippen molar-refractivity contribution in [3.63, 3.8) is 0 Å². The van der Waals surface area contributed by atoms with E-state index in [4.69, 9.17) is 23.2 Å². The zero-order valence-corrected chi connectivity index (χ0v) is 19.0. The van der Waals surface area contributed by atoms with E-state index in [0.717, 1.165) is 28.9 Å². The maximum atomic E-state index is 13.7. The minimum atomic E-state index is -0.418. The third kappa shape index (κ3) is 3.98. The Hall–Kier alpha value is -2.34. The topological polar surface area (TPSA) is 60.9 Å². The molecule has 0 aromatic heterocycles. The van der Waals surface area contributed by atoms with Gasteiger partial charge in [0.25, 0.3) is 11.8 Å². The van der Waals surface area contributed by atoms with Gasteiger partial charge in [0.2, 0.25) is 0 Å². The first-order chi connectivity index (χ1) is 14.8. The first kappa shape index (κ1) is 21.9. The number of hydrogen-bond acceptors (Lipinski definition) is 4. The second-order valence-electron chi connectivity index (χ2n) is 8.20. The minimum absolute atomic E-state index is 0.0503. The number of imide groups is 1. The normalized spacial score (nSPS) is 19.6. The largest absolute Gasteiger partial charge is 0.396 e. The highest BCUT2D eigenvalue weighted by Gasteiger charge is 2.44. The summed E-state index contributed by atoms with van der Waals surface area (Å²) >= 11 is 12.5. The third-order valence-electron chi connectivity index (χ3n) is 6.10. The highest BCUT2D eigenvalue weighted by molar-refractivity contribution is 6.47. The minimum Gasteiger partial charge on any atom is -0.396 e. The molecule has 2 heterocycles. The summed E-state index contributed by atoms with van der Waals surface area (Å²) in [6.45, 7) is 5.21. The number of likely N-dealkylation sites (tertiary alicyclic amines) is 1. The maximum Gasteiger partial charge on any atom is 0.282 e. The summed E-state index contributed by atoms with van der Waals surface area (Å²) in [5, 5.41) is 10.3. The number of carbonyl (C=O) groups excluding carboxylic acids is 2. The lowest BCUT2D eigenvalue weighted by Gasteiger charge is -2.34. The summed E-state index contributed by atoms with van der Waals surface area (Å²) in [7, 11) is 0. The summed E-state index contributed by atoms with van der Waals surface area (Å²) in [6, 6.07) is 10.5. The standard InChI is InChI=1S/C24H24Cl2N2O3/c1-14-5-6-17(10-15(14)2)21-22(27-9-3-4-16(12-27)13-29)24(31)28(23(21)30)20-11-18(25)7-8-19(20)26/h5-8,10-11,16,29H,3-4,9,12-13H2,1-2H3. The van der Waals surface area contributed by atoms with E-state index >= 15 is 0 Å². The van der Waals surface area contributed by atoms with E-state index in [2.05, 4.69) is 0 Å². The van der Waals surface area contributed by atoms with Crippen molar-refractivity contribution in [2.75, 3.05) is 24.6 Å². The average Bonchev–Trinajstić information content (AvgIpc) is 3.02. The van der Waals surface area contributed by atoms with Gasteiger partial charge in [-0.15, -0.1) is 0 Å². The molecule has 2 aliphatic rings. The van der Waals surface area contributed by atoms with Crippen molar-refractivity contribution in [1.82, 2.24) is 4.90 Å². The number of piperidine rings is 1. The molecule has 0 bridgehead atoms. The molecule has 0 aliphatic carbocycles. The zero-order chi connectivity index (χ0) is 22.3. The van der Waals surface area contributed by atoms with Crippen molar-refractivity contribution >= 4 is 46.3 Å². The Labute approximate surface area is 191 Å². The number of rotatable bonds is 4. The Morgan fingerprint density at radius 1 is 1.03 bits per heavy atom. The van der Waals surface area contributed by atoms with E-state index in [1.165, 1.54) is 6.07 Å². The van der Waals surface area contributed by atoms with Crippen LogP contribution in [0, 0.1) is 19.8 Å². The predicted octanol–water partition coefficient (Wildman–Crippen LogP) is 4.60. The summed E-state index contributed by atoms with van der Waals surface area (Å²) in [6.07, 6.45) is 1.74. The number of aliphatic hydroxyl groups is 1. The van der Waals surface area contributed by atoms with Gasteiger partial charge in [0.05, 0.1) is 16.3 Å². The molecule has 1 fully saturated rings. The number of hydrogen-bond donors (Lipinski definition) is 1. The Morgan fingerprint density at radius 3 is 2.52 bits per heavy atom. The fourth-order valence-electron chi connectivity index (χ4n) is 4.26. The van der Waals surface area contributed by atoms with Gasteiger partial charge in [-0.25, -0.2) is 4.90 Å². The van der Waals surface area contributed by atoms with Crippen molar-refractivity contribution in [2.24, 2.45) is 5.92 Å². The lowest BCUT2D eigenvalue weighted by Crippen LogP contribution is -2.40. The first-order valence-corrected chi connectivity index (χ1v) is 11.1. The number of amides is 2. The number of anilines is 1. The van der Waals surface area contributed by atoms with Crippen LogP contribution in [0.5, 0.6) is 0 Å². The number of aliphatic hydroxyl groups excluding tert-OH is 1. The Kier molecular flexibility index (Phi) is 6.11. The van der Waals surface area contributed by atoms with Gasteiger partial charge in [0, 0.05) is 24.7 Å². The Balaban J connectivity index is 1.86. The van der Waals surface area contributed by atoms with E-state index in [9.17, 15) is 14.7 Å². The van der Waals surface area contributed by atoms with Gasteiger partial charge < -0.3 is 10.0 Å². The molecule has 1 unspecified atom stereocenters. The lowest BCUT2D eigenvalue weighted by molar-refractivity contribution is -0.120. The molecule has 2 aromatic rings. The highest BCUT2D eigenvalue weighted by atomic mass is 35.5. The van der Waals surface area contributed by atoms with Crippen LogP contribution in [-0.4, -0.2) is 41.5 Å². The van der Waals surface area contributed by atoms with E-state index in [-0.39, 0.29) is 23.2 Å². The summed E-state index contributed by atoms with van der Waals surface area (Å²) in [5.74, 6) is -0.770. The molecular weight excluding hydrogens is 435 g/mol. The van der Waals surface area contributed by atoms with Crippen molar-refractivity contribution < 1.29 is 14.7 Å². The van der Waals surface area contributed by atoms with Crippen LogP contribution in [-0.2, 0) is 9.59 Å². The van der Waals surface area contributed by atoms with Crippen molar-refractivity contribution in [3.05, 3.63) is 68.8 Å². The maximum absolute atomic E-state index is 13.7. The summed E-state index contributed by atoms with van der Waals surface area (Å²) in [5.41, 5.74) is 3.84. The van der Waals surface area contributed by atoms with Gasteiger partial charge in [-0.1, -0.05) is 41.4 Å². The van der Waals surface area contributed by atoms with E-state index in [1.54, 1.807) is 12.1 Å². The second-order valence-corrected chi connectivity index (χ2v) is 9.04. The van der Waals surface area contributed by atoms with Gasteiger partial charge in [0.15, 0.2) is 0 Å². The molecule has 1 N–H and O–H groups in total. The second kappa shape index (κ2) is 8.65. The third-order valence-corrected chi connectivity index (χ3v) is 6.65. The molecule has 0 saturated carbocycles. The molecule has 1 saturated heterocycles. The number of aryl methyl sites for hydroxylation is 2. The van der Waals surface area contributed by atoms with Gasteiger partial charge in [-0.3, -0.25) is 9.59 Å². The van der Waals surface area contributed by atoms with Gasteiger partial charge in [-0.05, 0) is 67.5 Å². The molecule has 31 heavy (non-hydrogen) atoms. The van der Waals surface area contributed by atoms with E-state index < -0.39 is 11.8 Å². The fourth-order valence-corrected chi connectivity index (χ4v) is 4.63. The molecule has 162 valence electrons. The Bertz CT molecular complexity index is 1100. The molecule has 2 amide bonds. The quantitative estimate of drug-likeness (QED) is 0.680.